The predicted molar refractivity (Wildman–Crippen MR) is 92.8 cm³/mol. The Hall–Kier alpha value is -1.49. The van der Waals surface area contributed by atoms with Gasteiger partial charge < -0.3 is 9.47 Å². The minimum Gasteiger partial charge on any atom is -0.494 e. The van der Waals surface area contributed by atoms with Crippen LogP contribution in [0.3, 0.4) is 0 Å². The molecule has 0 amide bonds. The molecule has 2 fully saturated rings. The van der Waals surface area contributed by atoms with Crippen LogP contribution in [0.15, 0.2) is 12.1 Å². The number of ketones is 1. The molecule has 25 heavy (non-hydrogen) atoms. The molecule has 0 spiro atoms. The number of benzene rings is 1. The Morgan fingerprint density at radius 2 is 2.04 bits per heavy atom. The third kappa shape index (κ3) is 3.86. The standard InChI is InChI=1S/C18H22F2O3.C2H6/c1-11(7-12-8-16(20)17(22-2)10-15(12)19)18-5-3-14(21)9-13(18)4-6-23-18;1-2/h8,10-11,13H,3-7,9H2,1-2H3;1-2H3. The number of methoxy groups -OCH3 is 1. The van der Waals surface area contributed by atoms with Gasteiger partial charge in [-0.05, 0) is 42.7 Å². The van der Waals surface area contributed by atoms with Gasteiger partial charge >= 0.3 is 0 Å². The molecule has 1 aromatic carbocycles. The molecule has 1 aliphatic heterocycles. The van der Waals surface area contributed by atoms with Crippen molar-refractivity contribution in [3.05, 3.63) is 29.3 Å². The van der Waals surface area contributed by atoms with Crippen LogP contribution in [-0.2, 0) is 16.0 Å². The van der Waals surface area contributed by atoms with E-state index in [9.17, 15) is 13.6 Å². The Kier molecular flexibility index (Phi) is 6.55. The van der Waals surface area contributed by atoms with Crippen molar-refractivity contribution in [3.8, 4) is 5.75 Å². The van der Waals surface area contributed by atoms with Crippen molar-refractivity contribution in [2.45, 2.75) is 58.5 Å². The number of carbonyl (C=O) groups is 1. The molecule has 5 heteroatoms. The van der Waals surface area contributed by atoms with Crippen LogP contribution in [0.25, 0.3) is 0 Å². The third-order valence-electron chi connectivity index (χ3n) is 5.48. The molecule has 140 valence electrons. The van der Waals surface area contributed by atoms with E-state index >= 15 is 0 Å². The van der Waals surface area contributed by atoms with E-state index < -0.39 is 11.6 Å². The highest BCUT2D eigenvalue weighted by atomic mass is 19.1. The molecule has 1 aliphatic carbocycles. The van der Waals surface area contributed by atoms with Crippen LogP contribution in [-0.4, -0.2) is 25.1 Å². The molecule has 1 aromatic rings. The number of hydrogen-bond acceptors (Lipinski definition) is 3. The summed E-state index contributed by atoms with van der Waals surface area (Å²) < 4.78 is 38.9. The summed E-state index contributed by atoms with van der Waals surface area (Å²) in [7, 11) is 1.31. The zero-order valence-electron chi connectivity index (χ0n) is 15.5. The lowest BCUT2D eigenvalue weighted by Gasteiger charge is -2.42. The number of fused-ring (bicyclic) bond motifs is 1. The molecule has 1 saturated carbocycles. The molecule has 0 N–H and O–H groups in total. The number of hydrogen-bond donors (Lipinski definition) is 0. The molecule has 3 nitrogen and oxygen atoms in total. The molecule has 1 heterocycles. The summed E-state index contributed by atoms with van der Waals surface area (Å²) in [6.45, 7) is 6.65. The van der Waals surface area contributed by atoms with E-state index in [-0.39, 0.29) is 29.0 Å². The van der Waals surface area contributed by atoms with Gasteiger partial charge in [0.05, 0.1) is 12.7 Å². The number of carbonyl (C=O) groups excluding carboxylic acids is 1. The average molecular weight is 354 g/mol. The first-order valence-corrected chi connectivity index (χ1v) is 9.14. The predicted octanol–water partition coefficient (Wildman–Crippen LogP) is 4.71. The zero-order chi connectivity index (χ0) is 18.6. The molecule has 1 saturated heterocycles. The number of ether oxygens (including phenoxy) is 2. The van der Waals surface area contributed by atoms with Crippen LogP contribution in [0.5, 0.6) is 5.75 Å². The second-order valence-electron chi connectivity index (χ2n) is 6.72. The van der Waals surface area contributed by atoms with E-state index in [0.29, 0.717) is 37.9 Å². The van der Waals surface area contributed by atoms with E-state index in [2.05, 4.69) is 0 Å². The summed E-state index contributed by atoms with van der Waals surface area (Å²) in [5, 5.41) is 0. The van der Waals surface area contributed by atoms with Crippen molar-refractivity contribution in [3.63, 3.8) is 0 Å². The largest absolute Gasteiger partial charge is 0.494 e. The van der Waals surface area contributed by atoms with Gasteiger partial charge in [-0.2, -0.15) is 0 Å². The zero-order valence-corrected chi connectivity index (χ0v) is 15.5. The van der Waals surface area contributed by atoms with Gasteiger partial charge in [0, 0.05) is 25.5 Å². The number of Topliss-reactive ketones (excluding diaryl/α,β-unsaturated/α-hetero) is 1. The second kappa shape index (κ2) is 8.26. The fourth-order valence-electron chi connectivity index (χ4n) is 4.19. The minimum atomic E-state index is -0.559. The minimum absolute atomic E-state index is 0.0189. The lowest BCUT2D eigenvalue weighted by Crippen LogP contribution is -2.47. The molecule has 0 radical (unpaired) electrons. The molecule has 3 atom stereocenters. The monoisotopic (exact) mass is 354 g/mol. The Labute approximate surface area is 148 Å². The average Bonchev–Trinajstić information content (AvgIpc) is 3.03. The van der Waals surface area contributed by atoms with Crippen LogP contribution >= 0.6 is 0 Å². The van der Waals surface area contributed by atoms with Crippen LogP contribution in [0.4, 0.5) is 8.78 Å². The maximum Gasteiger partial charge on any atom is 0.165 e. The smallest absolute Gasteiger partial charge is 0.165 e. The van der Waals surface area contributed by atoms with Crippen molar-refractivity contribution >= 4 is 5.78 Å². The summed E-state index contributed by atoms with van der Waals surface area (Å²) in [6.07, 6.45) is 3.00. The summed E-state index contributed by atoms with van der Waals surface area (Å²) in [4.78, 5) is 11.7. The highest BCUT2D eigenvalue weighted by Gasteiger charge is 2.51. The van der Waals surface area contributed by atoms with Gasteiger partial charge in [-0.1, -0.05) is 20.8 Å². The quantitative estimate of drug-likeness (QED) is 0.786. The molecule has 2 aliphatic rings. The van der Waals surface area contributed by atoms with Crippen molar-refractivity contribution < 1.29 is 23.0 Å². The summed E-state index contributed by atoms with van der Waals surface area (Å²) in [5.74, 6) is -0.611. The summed E-state index contributed by atoms with van der Waals surface area (Å²) in [6, 6.07) is 2.30. The van der Waals surface area contributed by atoms with Gasteiger partial charge in [0.2, 0.25) is 0 Å². The van der Waals surface area contributed by atoms with E-state index in [4.69, 9.17) is 9.47 Å². The van der Waals surface area contributed by atoms with Crippen LogP contribution in [0.2, 0.25) is 0 Å². The third-order valence-corrected chi connectivity index (χ3v) is 5.48. The molecule has 3 unspecified atom stereocenters. The van der Waals surface area contributed by atoms with E-state index in [1.807, 2.05) is 20.8 Å². The second-order valence-corrected chi connectivity index (χ2v) is 6.72. The van der Waals surface area contributed by atoms with E-state index in [0.717, 1.165) is 12.5 Å². The Morgan fingerprint density at radius 1 is 1.32 bits per heavy atom. The van der Waals surface area contributed by atoms with Gasteiger partial charge in [-0.15, -0.1) is 0 Å². The Morgan fingerprint density at radius 3 is 2.72 bits per heavy atom. The first-order valence-electron chi connectivity index (χ1n) is 9.14. The van der Waals surface area contributed by atoms with Crippen molar-refractivity contribution in [1.82, 2.24) is 0 Å². The van der Waals surface area contributed by atoms with Crippen LogP contribution in [0, 0.1) is 23.5 Å². The van der Waals surface area contributed by atoms with Crippen molar-refractivity contribution in [1.29, 1.82) is 0 Å². The van der Waals surface area contributed by atoms with Gasteiger partial charge in [-0.25, -0.2) is 8.78 Å². The Balaban J connectivity index is 0.00000109. The lowest BCUT2D eigenvalue weighted by molar-refractivity contribution is -0.133. The number of halogens is 2. The fraction of sp³-hybridized carbons (Fsp3) is 0.650. The molecule has 0 bridgehead atoms. The highest BCUT2D eigenvalue weighted by Crippen LogP contribution is 2.48. The van der Waals surface area contributed by atoms with Crippen LogP contribution < -0.4 is 4.74 Å². The first kappa shape index (κ1) is 19.8. The van der Waals surface area contributed by atoms with Crippen molar-refractivity contribution in [2.75, 3.05) is 13.7 Å². The van der Waals surface area contributed by atoms with Gasteiger partial charge in [0.25, 0.3) is 0 Å². The maximum atomic E-state index is 14.2. The molecular formula is C20H28F2O3. The summed E-state index contributed by atoms with van der Waals surface area (Å²) in [5.41, 5.74) is -0.0483. The molecule has 3 rings (SSSR count). The maximum absolute atomic E-state index is 14.2. The molecular weight excluding hydrogens is 326 g/mol. The highest BCUT2D eigenvalue weighted by molar-refractivity contribution is 5.80. The van der Waals surface area contributed by atoms with Gasteiger partial charge in [0.15, 0.2) is 11.6 Å². The van der Waals surface area contributed by atoms with E-state index in [1.165, 1.54) is 13.2 Å². The normalized spacial score (nSPS) is 26.5. The van der Waals surface area contributed by atoms with Crippen molar-refractivity contribution in [2.24, 2.45) is 11.8 Å². The fourth-order valence-corrected chi connectivity index (χ4v) is 4.19. The van der Waals surface area contributed by atoms with Gasteiger partial charge in [-0.3, -0.25) is 4.79 Å². The van der Waals surface area contributed by atoms with Gasteiger partial charge in [0.1, 0.15) is 11.6 Å². The topological polar surface area (TPSA) is 35.5 Å². The SMILES string of the molecule is CC.COc1cc(F)c(CC(C)C23CCC(=O)CC2CCO3)cc1F. The number of rotatable bonds is 4. The van der Waals surface area contributed by atoms with Crippen LogP contribution in [0.1, 0.15) is 52.0 Å². The first-order chi connectivity index (χ1) is 12.0. The molecule has 0 aromatic heterocycles. The lowest BCUT2D eigenvalue weighted by atomic mass is 9.67. The summed E-state index contributed by atoms with van der Waals surface area (Å²) >= 11 is 0. The van der Waals surface area contributed by atoms with E-state index in [1.54, 1.807) is 0 Å². The Bertz CT molecular complexity index is 617.